The zero-order chi connectivity index (χ0) is 22.1. The van der Waals surface area contributed by atoms with E-state index in [2.05, 4.69) is 33.5 Å². The standard InChI is InChI=1S/C21H34BrN3O5/c1-4-8-12(2)24-19(28)17-21-11-13(22)16(30-21)14(18(27)23-3)15(21)20(29)25(17)9-6-5-7-10-26/h12-17,26H,4-11H2,1-3H3,(H,23,27)(H,24,28)/t12?,13?,14-,15+,16-,17?,21?/m1/s1. The molecule has 9 heteroatoms. The number of nitrogens with zero attached hydrogens (tertiary/aromatic N) is 1. The number of unbranched alkanes of at least 4 members (excludes halogenated alkanes) is 2. The number of carbonyl (C=O) groups is 3. The Kier molecular flexibility index (Phi) is 7.45. The molecular formula is C21H34BrN3O5. The van der Waals surface area contributed by atoms with Gasteiger partial charge in [-0.05, 0) is 39.0 Å². The predicted octanol–water partition coefficient (Wildman–Crippen LogP) is 0.948. The van der Waals surface area contributed by atoms with Crippen LogP contribution in [0, 0.1) is 11.8 Å². The molecule has 3 aliphatic rings. The van der Waals surface area contributed by atoms with Crippen molar-refractivity contribution in [3.05, 3.63) is 0 Å². The molecule has 0 radical (unpaired) electrons. The number of hydrogen-bond acceptors (Lipinski definition) is 5. The van der Waals surface area contributed by atoms with Crippen LogP contribution in [-0.2, 0) is 19.1 Å². The Hall–Kier alpha value is -1.19. The molecule has 7 atom stereocenters. The number of amides is 3. The minimum Gasteiger partial charge on any atom is -0.396 e. The van der Waals surface area contributed by atoms with Gasteiger partial charge in [-0.25, -0.2) is 0 Å². The van der Waals surface area contributed by atoms with Gasteiger partial charge >= 0.3 is 0 Å². The monoisotopic (exact) mass is 487 g/mol. The van der Waals surface area contributed by atoms with Gasteiger partial charge in [-0.1, -0.05) is 29.3 Å². The van der Waals surface area contributed by atoms with Crippen LogP contribution >= 0.6 is 15.9 Å². The number of halogens is 1. The number of rotatable bonds is 10. The van der Waals surface area contributed by atoms with Gasteiger partial charge in [-0.15, -0.1) is 0 Å². The Morgan fingerprint density at radius 3 is 2.70 bits per heavy atom. The van der Waals surface area contributed by atoms with Gasteiger partial charge in [0.2, 0.25) is 17.7 Å². The Morgan fingerprint density at radius 1 is 1.33 bits per heavy atom. The molecule has 3 heterocycles. The first kappa shape index (κ1) is 23.5. The molecule has 2 bridgehead atoms. The summed E-state index contributed by atoms with van der Waals surface area (Å²) < 4.78 is 6.36. The summed E-state index contributed by atoms with van der Waals surface area (Å²) >= 11 is 3.64. The number of nitrogens with one attached hydrogen (secondary N) is 2. The van der Waals surface area contributed by atoms with E-state index in [-0.39, 0.29) is 35.2 Å². The normalized spacial score (nSPS) is 35.4. The summed E-state index contributed by atoms with van der Waals surface area (Å²) in [7, 11) is 1.56. The first-order valence-electron chi connectivity index (χ1n) is 11.1. The summed E-state index contributed by atoms with van der Waals surface area (Å²) in [6.07, 6.45) is 4.02. The van der Waals surface area contributed by atoms with Crippen molar-refractivity contribution in [2.24, 2.45) is 11.8 Å². The second-order valence-corrected chi connectivity index (χ2v) is 9.97. The van der Waals surface area contributed by atoms with Crippen LogP contribution in [0.3, 0.4) is 0 Å². The fraction of sp³-hybridized carbons (Fsp3) is 0.857. The number of hydrogen-bond donors (Lipinski definition) is 3. The highest BCUT2D eigenvalue weighted by molar-refractivity contribution is 9.09. The van der Waals surface area contributed by atoms with Crippen LogP contribution < -0.4 is 10.6 Å². The number of carbonyl (C=O) groups excluding carboxylic acids is 3. The van der Waals surface area contributed by atoms with Crippen LogP contribution in [0.15, 0.2) is 0 Å². The van der Waals surface area contributed by atoms with Crippen molar-refractivity contribution in [1.29, 1.82) is 0 Å². The Morgan fingerprint density at radius 2 is 2.07 bits per heavy atom. The highest BCUT2D eigenvalue weighted by Crippen LogP contribution is 2.59. The third-order valence-electron chi connectivity index (χ3n) is 6.75. The quantitative estimate of drug-likeness (QED) is 0.314. The summed E-state index contributed by atoms with van der Waals surface area (Å²) in [6.45, 7) is 4.55. The topological polar surface area (TPSA) is 108 Å². The molecule has 8 nitrogen and oxygen atoms in total. The molecular weight excluding hydrogens is 454 g/mol. The molecule has 0 aromatic carbocycles. The van der Waals surface area contributed by atoms with Crippen LogP contribution in [0.2, 0.25) is 0 Å². The van der Waals surface area contributed by atoms with Gasteiger partial charge in [-0.2, -0.15) is 0 Å². The largest absolute Gasteiger partial charge is 0.396 e. The number of ether oxygens (including phenoxy) is 1. The van der Waals surface area contributed by atoms with Crippen molar-refractivity contribution < 1.29 is 24.2 Å². The molecule has 4 unspecified atom stereocenters. The highest BCUT2D eigenvalue weighted by Gasteiger charge is 2.76. The molecule has 0 aliphatic carbocycles. The Balaban J connectivity index is 1.92. The second kappa shape index (κ2) is 9.53. The van der Waals surface area contributed by atoms with E-state index in [9.17, 15) is 14.4 Å². The Labute approximate surface area is 186 Å². The minimum absolute atomic E-state index is 0.00241. The van der Waals surface area contributed by atoms with Gasteiger partial charge in [0.25, 0.3) is 0 Å². The van der Waals surface area contributed by atoms with Crippen LogP contribution in [0.5, 0.6) is 0 Å². The second-order valence-electron chi connectivity index (χ2n) is 8.79. The number of likely N-dealkylation sites (tertiary alicyclic amines) is 1. The fourth-order valence-corrected chi connectivity index (χ4v) is 6.48. The highest BCUT2D eigenvalue weighted by atomic mass is 79.9. The smallest absolute Gasteiger partial charge is 0.246 e. The van der Waals surface area contributed by atoms with Gasteiger partial charge in [0.1, 0.15) is 11.6 Å². The van der Waals surface area contributed by atoms with E-state index >= 15 is 0 Å². The molecule has 3 fully saturated rings. The summed E-state index contributed by atoms with van der Waals surface area (Å²) in [5, 5.41) is 14.8. The van der Waals surface area contributed by atoms with E-state index in [0.29, 0.717) is 25.8 Å². The lowest BCUT2D eigenvalue weighted by atomic mass is 9.70. The van der Waals surface area contributed by atoms with Crippen LogP contribution in [0.1, 0.15) is 52.4 Å². The van der Waals surface area contributed by atoms with Gasteiger partial charge in [0, 0.05) is 31.1 Å². The van der Waals surface area contributed by atoms with Gasteiger partial charge in [0.15, 0.2) is 0 Å². The number of aliphatic hydroxyl groups is 1. The van der Waals surface area contributed by atoms with Crippen LogP contribution in [0.4, 0.5) is 0 Å². The molecule has 1 spiro atoms. The molecule has 0 saturated carbocycles. The maximum absolute atomic E-state index is 13.5. The first-order valence-corrected chi connectivity index (χ1v) is 12.0. The van der Waals surface area contributed by atoms with Crippen molar-refractivity contribution in [2.45, 2.75) is 81.0 Å². The van der Waals surface area contributed by atoms with Crippen molar-refractivity contribution >= 4 is 33.7 Å². The summed E-state index contributed by atoms with van der Waals surface area (Å²) in [5.74, 6) is -1.84. The van der Waals surface area contributed by atoms with Crippen molar-refractivity contribution in [1.82, 2.24) is 15.5 Å². The van der Waals surface area contributed by atoms with Gasteiger partial charge < -0.3 is 25.4 Å². The lowest BCUT2D eigenvalue weighted by Gasteiger charge is -2.34. The lowest BCUT2D eigenvalue weighted by Crippen LogP contribution is -2.57. The van der Waals surface area contributed by atoms with Crippen molar-refractivity contribution in [2.75, 3.05) is 20.2 Å². The zero-order valence-electron chi connectivity index (χ0n) is 18.0. The van der Waals surface area contributed by atoms with E-state index in [1.54, 1.807) is 11.9 Å². The summed E-state index contributed by atoms with van der Waals surface area (Å²) in [5.41, 5.74) is -0.986. The van der Waals surface area contributed by atoms with Crippen LogP contribution in [-0.4, -0.2) is 76.5 Å². The van der Waals surface area contributed by atoms with E-state index in [1.165, 1.54) is 0 Å². The lowest BCUT2D eigenvalue weighted by molar-refractivity contribution is -0.142. The molecule has 30 heavy (non-hydrogen) atoms. The third kappa shape index (κ3) is 3.88. The molecule has 170 valence electrons. The molecule has 3 N–H and O–H groups in total. The number of fused-ring (bicyclic) bond motifs is 1. The molecule has 0 aromatic rings. The van der Waals surface area contributed by atoms with Gasteiger partial charge in [-0.3, -0.25) is 14.4 Å². The van der Waals surface area contributed by atoms with Crippen molar-refractivity contribution in [3.8, 4) is 0 Å². The maximum Gasteiger partial charge on any atom is 0.246 e. The zero-order valence-corrected chi connectivity index (χ0v) is 19.6. The summed E-state index contributed by atoms with van der Waals surface area (Å²) in [6, 6.07) is -0.750. The molecule has 3 saturated heterocycles. The maximum atomic E-state index is 13.5. The van der Waals surface area contributed by atoms with Crippen molar-refractivity contribution in [3.63, 3.8) is 0 Å². The van der Waals surface area contributed by atoms with Crippen LogP contribution in [0.25, 0.3) is 0 Å². The SMILES string of the molecule is CCCC(C)NC(=O)C1N(CCCCCO)C(=O)[C@@H]2[C@@H](C(=O)NC)[C@@H]3OC12CC3Br. The Bertz CT molecular complexity index is 677. The molecule has 3 aliphatic heterocycles. The average Bonchev–Trinajstić information content (AvgIpc) is 3.28. The third-order valence-corrected chi connectivity index (χ3v) is 7.60. The molecule has 0 aromatic heterocycles. The van der Waals surface area contributed by atoms with E-state index in [1.807, 2.05) is 6.92 Å². The number of aliphatic hydroxyl groups excluding tert-OH is 1. The molecule has 3 rings (SSSR count). The molecule has 3 amide bonds. The number of alkyl halides is 1. The van der Waals surface area contributed by atoms with E-state index in [0.717, 1.165) is 19.3 Å². The van der Waals surface area contributed by atoms with Gasteiger partial charge in [0.05, 0.1) is 17.9 Å². The summed E-state index contributed by atoms with van der Waals surface area (Å²) in [4.78, 5) is 41.2. The first-order chi connectivity index (χ1) is 14.3. The average molecular weight is 488 g/mol. The minimum atomic E-state index is -0.986. The van der Waals surface area contributed by atoms with E-state index in [4.69, 9.17) is 9.84 Å². The predicted molar refractivity (Wildman–Crippen MR) is 115 cm³/mol. The van der Waals surface area contributed by atoms with E-state index < -0.39 is 29.6 Å². The fourth-order valence-electron chi connectivity index (χ4n) is 5.53.